The van der Waals surface area contributed by atoms with Crippen LogP contribution in [0.4, 0.5) is 4.79 Å². The highest BCUT2D eigenvalue weighted by Gasteiger charge is 2.32. The van der Waals surface area contributed by atoms with E-state index in [0.717, 1.165) is 19.5 Å². The molecular weight excluding hydrogens is 248 g/mol. The molecule has 6 heteroatoms. The van der Waals surface area contributed by atoms with Crippen LogP contribution in [-0.2, 0) is 14.3 Å². The Balaban J connectivity index is 2.59. The molecule has 0 aromatic carbocycles. The van der Waals surface area contributed by atoms with Crippen molar-refractivity contribution in [2.24, 2.45) is 5.92 Å². The largest absolute Gasteiger partial charge is 0.469 e. The Labute approximate surface area is 114 Å². The molecule has 110 valence electrons. The molecule has 1 saturated heterocycles. The molecule has 1 N–H and O–H groups in total. The summed E-state index contributed by atoms with van der Waals surface area (Å²) < 4.78 is 9.68. The maximum atomic E-state index is 11.7. The van der Waals surface area contributed by atoms with E-state index in [4.69, 9.17) is 9.47 Å². The Hall–Kier alpha value is -1.30. The lowest BCUT2D eigenvalue weighted by atomic mass is 9.94. The molecule has 1 amide bonds. The third-order valence-electron chi connectivity index (χ3n) is 3.20. The van der Waals surface area contributed by atoms with Crippen LogP contribution >= 0.6 is 0 Å². The molecule has 2 unspecified atom stereocenters. The zero-order chi connectivity index (χ0) is 14.3. The van der Waals surface area contributed by atoms with Gasteiger partial charge in [-0.3, -0.25) is 4.79 Å². The molecule has 2 atom stereocenters. The van der Waals surface area contributed by atoms with Gasteiger partial charge in [-0.25, -0.2) is 4.79 Å². The number of nitrogens with one attached hydrogen (secondary N) is 1. The maximum Gasteiger partial charge on any atom is 0.407 e. The summed E-state index contributed by atoms with van der Waals surface area (Å²) in [5.74, 6) is -0.395. The molecule has 0 aromatic rings. The summed E-state index contributed by atoms with van der Waals surface area (Å²) in [7, 11) is 1.40. The van der Waals surface area contributed by atoms with Gasteiger partial charge in [-0.05, 0) is 26.3 Å². The summed E-state index contributed by atoms with van der Waals surface area (Å²) in [6.07, 6.45) is 1.19. The SMILES string of the molecule is CCCN1CC(NC(=O)OCC)CC(C(=O)OC)C1. The van der Waals surface area contributed by atoms with Crippen molar-refractivity contribution in [1.29, 1.82) is 0 Å². The van der Waals surface area contributed by atoms with Crippen LogP contribution in [-0.4, -0.2) is 56.4 Å². The van der Waals surface area contributed by atoms with Gasteiger partial charge in [0.25, 0.3) is 0 Å². The summed E-state index contributed by atoms with van der Waals surface area (Å²) in [6, 6.07) is -0.0663. The third kappa shape index (κ3) is 5.06. The summed E-state index contributed by atoms with van der Waals surface area (Å²) in [5, 5.41) is 2.81. The van der Waals surface area contributed by atoms with Gasteiger partial charge in [-0.2, -0.15) is 0 Å². The summed E-state index contributed by atoms with van der Waals surface area (Å²) in [4.78, 5) is 25.3. The van der Waals surface area contributed by atoms with E-state index in [1.165, 1.54) is 7.11 Å². The molecule has 1 fully saturated rings. The van der Waals surface area contributed by atoms with Gasteiger partial charge in [0.05, 0.1) is 19.6 Å². The molecule has 1 aliphatic rings. The molecule has 0 spiro atoms. The van der Waals surface area contributed by atoms with E-state index in [1.807, 2.05) is 0 Å². The van der Waals surface area contributed by atoms with E-state index in [-0.39, 0.29) is 17.9 Å². The highest BCUT2D eigenvalue weighted by atomic mass is 16.5. The Morgan fingerprint density at radius 1 is 1.32 bits per heavy atom. The lowest BCUT2D eigenvalue weighted by Gasteiger charge is -2.36. The fraction of sp³-hybridized carbons (Fsp3) is 0.846. The van der Waals surface area contributed by atoms with Crippen molar-refractivity contribution in [2.75, 3.05) is 33.4 Å². The third-order valence-corrected chi connectivity index (χ3v) is 3.20. The van der Waals surface area contributed by atoms with E-state index < -0.39 is 6.09 Å². The molecular formula is C13H24N2O4. The summed E-state index contributed by atoms with van der Waals surface area (Å²) in [6.45, 7) is 6.56. The second-order valence-corrected chi connectivity index (χ2v) is 4.78. The molecule has 1 aliphatic heterocycles. The molecule has 19 heavy (non-hydrogen) atoms. The van der Waals surface area contributed by atoms with Crippen LogP contribution in [0, 0.1) is 5.92 Å². The first-order valence-corrected chi connectivity index (χ1v) is 6.84. The number of hydrogen-bond acceptors (Lipinski definition) is 5. The van der Waals surface area contributed by atoms with Crippen molar-refractivity contribution in [2.45, 2.75) is 32.7 Å². The van der Waals surface area contributed by atoms with Gasteiger partial charge in [0.1, 0.15) is 0 Å². The zero-order valence-corrected chi connectivity index (χ0v) is 12.0. The van der Waals surface area contributed by atoms with E-state index in [1.54, 1.807) is 6.92 Å². The minimum Gasteiger partial charge on any atom is -0.469 e. The highest BCUT2D eigenvalue weighted by Crippen LogP contribution is 2.18. The van der Waals surface area contributed by atoms with Crippen molar-refractivity contribution in [3.63, 3.8) is 0 Å². The smallest absolute Gasteiger partial charge is 0.407 e. The number of piperidine rings is 1. The van der Waals surface area contributed by atoms with Crippen LogP contribution in [0.25, 0.3) is 0 Å². The maximum absolute atomic E-state index is 11.7. The van der Waals surface area contributed by atoms with Gasteiger partial charge in [-0.1, -0.05) is 6.92 Å². The summed E-state index contributed by atoms with van der Waals surface area (Å²) in [5.41, 5.74) is 0. The van der Waals surface area contributed by atoms with Gasteiger partial charge in [0, 0.05) is 19.1 Å². The monoisotopic (exact) mass is 272 g/mol. The molecule has 0 aliphatic carbocycles. The molecule has 0 bridgehead atoms. The Morgan fingerprint density at radius 2 is 2.05 bits per heavy atom. The van der Waals surface area contributed by atoms with Crippen molar-refractivity contribution >= 4 is 12.1 Å². The minimum absolute atomic E-state index is 0.0663. The number of rotatable bonds is 5. The van der Waals surface area contributed by atoms with Crippen LogP contribution < -0.4 is 5.32 Å². The number of ether oxygens (including phenoxy) is 2. The van der Waals surface area contributed by atoms with Crippen LogP contribution in [0.15, 0.2) is 0 Å². The molecule has 0 aromatic heterocycles. The van der Waals surface area contributed by atoms with Crippen molar-refractivity contribution in [3.8, 4) is 0 Å². The van der Waals surface area contributed by atoms with Crippen molar-refractivity contribution in [1.82, 2.24) is 10.2 Å². The second kappa shape index (κ2) is 7.99. The topological polar surface area (TPSA) is 67.9 Å². The Morgan fingerprint density at radius 3 is 2.63 bits per heavy atom. The normalized spacial score (nSPS) is 23.7. The van der Waals surface area contributed by atoms with E-state index in [9.17, 15) is 9.59 Å². The predicted molar refractivity (Wildman–Crippen MR) is 70.8 cm³/mol. The summed E-state index contributed by atoms with van der Waals surface area (Å²) >= 11 is 0. The van der Waals surface area contributed by atoms with E-state index in [2.05, 4.69) is 17.1 Å². The van der Waals surface area contributed by atoms with Gasteiger partial charge < -0.3 is 19.7 Å². The average molecular weight is 272 g/mol. The van der Waals surface area contributed by atoms with Crippen LogP contribution in [0.1, 0.15) is 26.7 Å². The van der Waals surface area contributed by atoms with Gasteiger partial charge in [-0.15, -0.1) is 0 Å². The molecule has 0 saturated carbocycles. The Bertz CT molecular complexity index is 309. The number of methoxy groups -OCH3 is 1. The standard InChI is InChI=1S/C13H24N2O4/c1-4-6-15-8-10(12(16)18-3)7-11(9-15)14-13(17)19-5-2/h10-11H,4-9H2,1-3H3,(H,14,17). The number of alkyl carbamates (subject to hydrolysis) is 1. The first kappa shape index (κ1) is 15.8. The molecule has 6 nitrogen and oxygen atoms in total. The highest BCUT2D eigenvalue weighted by molar-refractivity contribution is 5.73. The quantitative estimate of drug-likeness (QED) is 0.756. The predicted octanol–water partition coefficient (Wildman–Crippen LogP) is 1.01. The minimum atomic E-state index is -0.422. The first-order valence-electron chi connectivity index (χ1n) is 6.84. The fourth-order valence-electron chi connectivity index (χ4n) is 2.47. The van der Waals surface area contributed by atoms with Gasteiger partial charge in [0.2, 0.25) is 0 Å². The molecule has 0 radical (unpaired) electrons. The van der Waals surface area contributed by atoms with E-state index in [0.29, 0.717) is 19.6 Å². The molecule has 1 heterocycles. The zero-order valence-electron chi connectivity index (χ0n) is 12.0. The second-order valence-electron chi connectivity index (χ2n) is 4.78. The first-order chi connectivity index (χ1) is 9.10. The van der Waals surface area contributed by atoms with Gasteiger partial charge >= 0.3 is 12.1 Å². The number of esters is 1. The number of amides is 1. The van der Waals surface area contributed by atoms with Crippen molar-refractivity contribution in [3.05, 3.63) is 0 Å². The number of likely N-dealkylation sites (tertiary alicyclic amines) is 1. The molecule has 1 rings (SSSR count). The number of carbonyl (C=O) groups is 2. The van der Waals surface area contributed by atoms with Gasteiger partial charge in [0.15, 0.2) is 0 Å². The van der Waals surface area contributed by atoms with Crippen LogP contribution in [0.3, 0.4) is 0 Å². The fourth-order valence-corrected chi connectivity index (χ4v) is 2.47. The Kier molecular flexibility index (Phi) is 6.62. The lowest BCUT2D eigenvalue weighted by Crippen LogP contribution is -2.52. The average Bonchev–Trinajstić information content (AvgIpc) is 2.38. The van der Waals surface area contributed by atoms with Crippen LogP contribution in [0.5, 0.6) is 0 Å². The lowest BCUT2D eigenvalue weighted by molar-refractivity contribution is -0.147. The number of carbonyl (C=O) groups excluding carboxylic acids is 2. The number of hydrogen-bond donors (Lipinski definition) is 1. The van der Waals surface area contributed by atoms with Crippen molar-refractivity contribution < 1.29 is 19.1 Å². The van der Waals surface area contributed by atoms with E-state index >= 15 is 0 Å². The van der Waals surface area contributed by atoms with Crippen LogP contribution in [0.2, 0.25) is 0 Å². The number of nitrogens with zero attached hydrogens (tertiary/aromatic N) is 1.